The SMILES string of the molecule is Cc1cc2c(ccc(C)[n+]2[O-])c(-c2ccc(Cl)cc2)c1C(COC(=O)C(C)(C)C)OC(C)(C)C. The van der Waals surface area contributed by atoms with Crippen molar-refractivity contribution in [2.24, 2.45) is 5.41 Å². The van der Waals surface area contributed by atoms with Gasteiger partial charge >= 0.3 is 5.97 Å². The van der Waals surface area contributed by atoms with E-state index < -0.39 is 17.1 Å². The summed E-state index contributed by atoms with van der Waals surface area (Å²) in [7, 11) is 0. The Balaban J connectivity index is 2.29. The number of hydrogen-bond acceptors (Lipinski definition) is 4. The van der Waals surface area contributed by atoms with Gasteiger partial charge in [-0.25, -0.2) is 0 Å². The molecule has 1 aromatic heterocycles. The molecule has 6 heteroatoms. The first-order valence-corrected chi connectivity index (χ1v) is 11.8. The zero-order chi connectivity index (χ0) is 25.4. The largest absolute Gasteiger partial charge is 0.618 e. The van der Waals surface area contributed by atoms with Crippen LogP contribution in [-0.4, -0.2) is 18.2 Å². The highest BCUT2D eigenvalue weighted by atomic mass is 35.5. The normalized spacial score (nSPS) is 13.2. The Morgan fingerprint density at radius 1 is 1.03 bits per heavy atom. The van der Waals surface area contributed by atoms with E-state index in [-0.39, 0.29) is 12.6 Å². The summed E-state index contributed by atoms with van der Waals surface area (Å²) >= 11 is 6.18. The molecule has 0 aliphatic carbocycles. The summed E-state index contributed by atoms with van der Waals surface area (Å²) in [5, 5.41) is 14.4. The van der Waals surface area contributed by atoms with Gasteiger partial charge in [0.25, 0.3) is 0 Å². The van der Waals surface area contributed by atoms with Gasteiger partial charge < -0.3 is 14.7 Å². The van der Waals surface area contributed by atoms with E-state index in [9.17, 15) is 10.0 Å². The number of halogens is 1. The standard InChI is InChI=1S/C28H34ClNO4/c1-17-15-22-21(14-9-18(2)30(22)32)25(19-10-12-20(29)13-11-19)24(17)23(34-28(6,7)8)16-33-26(31)27(3,4)5/h9-15,23H,16H2,1-8H3. The molecule has 3 rings (SSSR count). The molecule has 0 fully saturated rings. The molecule has 2 aromatic carbocycles. The van der Waals surface area contributed by atoms with Crippen LogP contribution in [0, 0.1) is 24.5 Å². The van der Waals surface area contributed by atoms with Gasteiger partial charge in [0.1, 0.15) is 12.7 Å². The van der Waals surface area contributed by atoms with Crippen molar-refractivity contribution in [3.8, 4) is 11.1 Å². The van der Waals surface area contributed by atoms with Gasteiger partial charge in [-0.2, -0.15) is 4.73 Å². The van der Waals surface area contributed by atoms with Gasteiger partial charge in [-0.1, -0.05) is 23.7 Å². The molecule has 0 aliphatic rings. The molecular weight excluding hydrogens is 450 g/mol. The van der Waals surface area contributed by atoms with E-state index in [0.29, 0.717) is 16.2 Å². The van der Waals surface area contributed by atoms with Crippen molar-refractivity contribution in [1.29, 1.82) is 0 Å². The number of aryl methyl sites for hydroxylation is 2. The Labute approximate surface area is 207 Å². The van der Waals surface area contributed by atoms with Crippen LogP contribution in [0.25, 0.3) is 22.0 Å². The maximum absolute atomic E-state index is 12.9. The molecule has 0 saturated carbocycles. The number of hydrogen-bond donors (Lipinski definition) is 0. The number of carbonyl (C=O) groups excluding carboxylic acids is 1. The van der Waals surface area contributed by atoms with Gasteiger partial charge in [-0.15, -0.1) is 0 Å². The Morgan fingerprint density at radius 3 is 2.21 bits per heavy atom. The number of fused-ring (bicyclic) bond motifs is 1. The number of carbonyl (C=O) groups is 1. The molecule has 5 nitrogen and oxygen atoms in total. The monoisotopic (exact) mass is 483 g/mol. The summed E-state index contributed by atoms with van der Waals surface area (Å²) in [6, 6.07) is 13.2. The van der Waals surface area contributed by atoms with Crippen LogP contribution < -0.4 is 4.73 Å². The van der Waals surface area contributed by atoms with Gasteiger partial charge in [0.05, 0.1) is 16.4 Å². The molecule has 182 valence electrons. The summed E-state index contributed by atoms with van der Waals surface area (Å²) in [4.78, 5) is 12.6. The molecule has 1 heterocycles. The zero-order valence-corrected chi connectivity index (χ0v) is 22.0. The van der Waals surface area contributed by atoms with E-state index in [1.807, 2.05) is 90.9 Å². The van der Waals surface area contributed by atoms with Gasteiger partial charge in [0.2, 0.25) is 5.52 Å². The van der Waals surface area contributed by atoms with Gasteiger partial charge in [0, 0.05) is 29.6 Å². The van der Waals surface area contributed by atoms with Gasteiger partial charge in [-0.3, -0.25) is 4.79 Å². The van der Waals surface area contributed by atoms with Gasteiger partial charge in [-0.05, 0) is 83.4 Å². The van der Waals surface area contributed by atoms with E-state index in [2.05, 4.69) is 0 Å². The first kappa shape index (κ1) is 26.0. The van der Waals surface area contributed by atoms with Gasteiger partial charge in [0.15, 0.2) is 5.69 Å². The van der Waals surface area contributed by atoms with Crippen molar-refractivity contribution in [2.75, 3.05) is 6.61 Å². The molecule has 0 N–H and O–H groups in total. The number of aromatic nitrogens is 1. The number of nitrogens with zero attached hydrogens (tertiary/aromatic N) is 1. The average molecular weight is 484 g/mol. The maximum atomic E-state index is 12.9. The Kier molecular flexibility index (Phi) is 7.30. The minimum absolute atomic E-state index is 0.0591. The third kappa shape index (κ3) is 5.70. The molecule has 0 saturated heterocycles. The van der Waals surface area contributed by atoms with Crippen LogP contribution in [0.3, 0.4) is 0 Å². The van der Waals surface area contributed by atoms with Crippen molar-refractivity contribution in [2.45, 2.75) is 67.1 Å². The minimum Gasteiger partial charge on any atom is -0.618 e. The second-order valence-electron chi connectivity index (χ2n) is 10.8. The van der Waals surface area contributed by atoms with Crippen LogP contribution in [0.4, 0.5) is 0 Å². The highest BCUT2D eigenvalue weighted by Gasteiger charge is 2.31. The fourth-order valence-electron chi connectivity index (χ4n) is 3.94. The Hall–Kier alpha value is -2.63. The summed E-state index contributed by atoms with van der Waals surface area (Å²) < 4.78 is 13.2. The first-order chi connectivity index (χ1) is 15.7. The molecule has 0 amide bonds. The molecule has 1 atom stereocenters. The van der Waals surface area contributed by atoms with E-state index in [1.165, 1.54) is 0 Å². The topological polar surface area (TPSA) is 62.5 Å². The molecule has 1 unspecified atom stereocenters. The Bertz CT molecular complexity index is 1200. The molecule has 0 radical (unpaired) electrons. The van der Waals surface area contributed by atoms with E-state index in [1.54, 1.807) is 6.92 Å². The highest BCUT2D eigenvalue weighted by molar-refractivity contribution is 6.30. The quantitative estimate of drug-likeness (QED) is 0.226. The third-order valence-electron chi connectivity index (χ3n) is 5.55. The van der Waals surface area contributed by atoms with Crippen molar-refractivity contribution < 1.29 is 19.0 Å². The smallest absolute Gasteiger partial charge is 0.311 e. The molecule has 0 spiro atoms. The van der Waals surface area contributed by atoms with Crippen LogP contribution in [-0.2, 0) is 14.3 Å². The third-order valence-corrected chi connectivity index (χ3v) is 5.80. The predicted octanol–water partition coefficient (Wildman–Crippen LogP) is 6.86. The van der Waals surface area contributed by atoms with Crippen LogP contribution in [0.15, 0.2) is 42.5 Å². The van der Waals surface area contributed by atoms with E-state index in [0.717, 1.165) is 32.4 Å². The Morgan fingerprint density at radius 2 is 1.65 bits per heavy atom. The van der Waals surface area contributed by atoms with E-state index in [4.69, 9.17) is 21.1 Å². The number of pyridine rings is 1. The molecule has 34 heavy (non-hydrogen) atoms. The average Bonchev–Trinajstić information content (AvgIpc) is 2.72. The lowest BCUT2D eigenvalue weighted by molar-refractivity contribution is -0.584. The predicted molar refractivity (Wildman–Crippen MR) is 137 cm³/mol. The second kappa shape index (κ2) is 9.55. The summed E-state index contributed by atoms with van der Waals surface area (Å²) in [5.74, 6) is -0.297. The number of ether oxygens (including phenoxy) is 2. The highest BCUT2D eigenvalue weighted by Crippen LogP contribution is 2.40. The minimum atomic E-state index is -0.630. The summed E-state index contributed by atoms with van der Waals surface area (Å²) in [5.41, 5.74) is 3.61. The summed E-state index contributed by atoms with van der Waals surface area (Å²) in [6.45, 7) is 15.2. The lowest BCUT2D eigenvalue weighted by Crippen LogP contribution is -2.32. The van der Waals surface area contributed by atoms with Crippen LogP contribution in [0.1, 0.15) is 64.5 Å². The van der Waals surface area contributed by atoms with Crippen molar-refractivity contribution in [3.63, 3.8) is 0 Å². The second-order valence-corrected chi connectivity index (χ2v) is 11.2. The lowest BCUT2D eigenvalue weighted by atomic mass is 9.88. The van der Waals surface area contributed by atoms with Crippen molar-refractivity contribution in [1.82, 2.24) is 0 Å². The van der Waals surface area contributed by atoms with Crippen LogP contribution in [0.5, 0.6) is 0 Å². The number of rotatable bonds is 5. The van der Waals surface area contributed by atoms with Crippen molar-refractivity contribution in [3.05, 3.63) is 69.5 Å². The maximum Gasteiger partial charge on any atom is 0.311 e. The van der Waals surface area contributed by atoms with Crippen LogP contribution >= 0.6 is 11.6 Å². The molecule has 0 aliphatic heterocycles. The van der Waals surface area contributed by atoms with Crippen LogP contribution in [0.2, 0.25) is 5.02 Å². The number of esters is 1. The fraction of sp³-hybridized carbons (Fsp3) is 0.429. The first-order valence-electron chi connectivity index (χ1n) is 11.5. The summed E-state index contributed by atoms with van der Waals surface area (Å²) in [6.07, 6.45) is -0.539. The number of benzene rings is 2. The molecule has 0 bridgehead atoms. The molecule has 3 aromatic rings. The fourth-order valence-corrected chi connectivity index (χ4v) is 4.07. The molecular formula is C28H34ClNO4. The lowest BCUT2D eigenvalue weighted by Gasteiger charge is -2.31. The zero-order valence-electron chi connectivity index (χ0n) is 21.3. The van der Waals surface area contributed by atoms with E-state index >= 15 is 0 Å². The van der Waals surface area contributed by atoms with Crippen molar-refractivity contribution >= 4 is 28.5 Å².